The van der Waals surface area contributed by atoms with Crippen LogP contribution in [0.2, 0.25) is 0 Å². The van der Waals surface area contributed by atoms with Crippen LogP contribution in [0.15, 0.2) is 53.4 Å². The van der Waals surface area contributed by atoms with Crippen molar-refractivity contribution in [2.75, 3.05) is 31.6 Å². The highest BCUT2D eigenvalue weighted by Crippen LogP contribution is 2.32. The van der Waals surface area contributed by atoms with Crippen LogP contribution in [0.25, 0.3) is 6.08 Å². The van der Waals surface area contributed by atoms with Crippen molar-refractivity contribution in [2.24, 2.45) is 0 Å². The number of likely N-dealkylation sites (tertiary alicyclic amines) is 1. The summed E-state index contributed by atoms with van der Waals surface area (Å²) in [6.07, 6.45) is 3.51. The average molecular weight is 508 g/mol. The van der Waals surface area contributed by atoms with Crippen molar-refractivity contribution in [1.29, 1.82) is 0 Å². The minimum absolute atomic E-state index is 0.143. The summed E-state index contributed by atoms with van der Waals surface area (Å²) in [7, 11) is 0. The van der Waals surface area contributed by atoms with E-state index < -0.39 is 11.1 Å². The maximum absolute atomic E-state index is 12.7. The molecular formula is C27H29N3O5S. The molecule has 1 N–H and O–H groups in total. The molecule has 0 atom stereocenters. The zero-order chi connectivity index (χ0) is 25.7. The molecule has 2 aliphatic heterocycles. The van der Waals surface area contributed by atoms with E-state index in [0.717, 1.165) is 40.8 Å². The van der Waals surface area contributed by atoms with Crippen molar-refractivity contribution in [3.05, 3.63) is 64.6 Å². The van der Waals surface area contributed by atoms with Gasteiger partial charge in [0.2, 0.25) is 5.91 Å². The number of hydrogen-bond donors (Lipinski definition) is 1. The van der Waals surface area contributed by atoms with Gasteiger partial charge in [0.25, 0.3) is 17.1 Å². The SMILES string of the molecule is CC(C)c1ccccc1NC(=O)COc1ccc(/C=C2\SC(=O)N(CC(=O)N3CCCC3)C2=O)cc1. The number of rotatable bonds is 8. The maximum atomic E-state index is 12.7. The first-order chi connectivity index (χ1) is 17.3. The number of nitrogens with one attached hydrogen (secondary N) is 1. The Hall–Kier alpha value is -3.59. The van der Waals surface area contributed by atoms with Gasteiger partial charge < -0.3 is 15.0 Å². The lowest BCUT2D eigenvalue weighted by Gasteiger charge is -2.18. The zero-order valence-electron chi connectivity index (χ0n) is 20.4. The van der Waals surface area contributed by atoms with E-state index in [1.54, 1.807) is 35.2 Å². The third-order valence-electron chi connectivity index (χ3n) is 6.03. The second-order valence-electron chi connectivity index (χ2n) is 9.00. The summed E-state index contributed by atoms with van der Waals surface area (Å²) < 4.78 is 5.60. The molecule has 0 aromatic heterocycles. The number of hydrogen-bond acceptors (Lipinski definition) is 6. The maximum Gasteiger partial charge on any atom is 0.294 e. The molecule has 0 spiro atoms. The second-order valence-corrected chi connectivity index (χ2v) is 10.00. The number of amides is 4. The van der Waals surface area contributed by atoms with Gasteiger partial charge in [-0.05, 0) is 65.9 Å². The van der Waals surface area contributed by atoms with Crippen molar-refractivity contribution >= 4 is 46.5 Å². The van der Waals surface area contributed by atoms with Gasteiger partial charge in [0.05, 0.1) is 4.91 Å². The molecule has 4 amide bonds. The van der Waals surface area contributed by atoms with Crippen LogP contribution >= 0.6 is 11.8 Å². The Morgan fingerprint density at radius 1 is 1.06 bits per heavy atom. The zero-order valence-corrected chi connectivity index (χ0v) is 21.2. The number of ether oxygens (including phenoxy) is 1. The van der Waals surface area contributed by atoms with Crippen LogP contribution in [0.3, 0.4) is 0 Å². The first-order valence-corrected chi connectivity index (χ1v) is 12.8. The fourth-order valence-electron chi connectivity index (χ4n) is 4.10. The predicted octanol–water partition coefficient (Wildman–Crippen LogP) is 4.49. The number of nitrogens with zero attached hydrogens (tertiary/aromatic N) is 2. The van der Waals surface area contributed by atoms with Crippen LogP contribution < -0.4 is 10.1 Å². The van der Waals surface area contributed by atoms with Crippen LogP contribution in [0.4, 0.5) is 10.5 Å². The molecule has 2 saturated heterocycles. The molecule has 2 aromatic rings. The van der Waals surface area contributed by atoms with E-state index in [9.17, 15) is 19.2 Å². The molecule has 36 heavy (non-hydrogen) atoms. The standard InChI is InChI=1S/C27H29N3O5S/c1-18(2)21-7-3-4-8-22(21)28-24(31)17-35-20-11-9-19(10-12-20)15-23-26(33)30(27(34)36-23)16-25(32)29-13-5-6-14-29/h3-4,7-12,15,18H,5-6,13-14,16-17H2,1-2H3,(H,28,31)/b23-15-. The summed E-state index contributed by atoms with van der Waals surface area (Å²) in [5.41, 5.74) is 2.53. The van der Waals surface area contributed by atoms with Gasteiger partial charge in [-0.2, -0.15) is 0 Å². The van der Waals surface area contributed by atoms with Crippen LogP contribution in [0.1, 0.15) is 43.7 Å². The number of thioether (sulfide) groups is 1. The number of imide groups is 1. The summed E-state index contributed by atoms with van der Waals surface area (Å²) in [5, 5.41) is 2.45. The lowest BCUT2D eigenvalue weighted by atomic mass is 10.0. The summed E-state index contributed by atoms with van der Waals surface area (Å²) in [4.78, 5) is 52.7. The van der Waals surface area contributed by atoms with Gasteiger partial charge in [0.1, 0.15) is 12.3 Å². The van der Waals surface area contributed by atoms with E-state index in [2.05, 4.69) is 19.2 Å². The molecule has 0 aliphatic carbocycles. The van der Waals surface area contributed by atoms with Gasteiger partial charge in [0, 0.05) is 18.8 Å². The van der Waals surface area contributed by atoms with Crippen molar-refractivity contribution < 1.29 is 23.9 Å². The first kappa shape index (κ1) is 25.5. The van der Waals surface area contributed by atoms with E-state index in [4.69, 9.17) is 4.74 Å². The average Bonchev–Trinajstić information content (AvgIpc) is 3.49. The Bertz CT molecular complexity index is 1190. The number of para-hydroxylation sites is 1. The molecule has 2 aliphatic rings. The molecule has 4 rings (SSSR count). The Balaban J connectivity index is 1.32. The normalized spacial score (nSPS) is 16.8. The summed E-state index contributed by atoms with van der Waals surface area (Å²) in [5.74, 6) is -0.138. The molecule has 188 valence electrons. The third-order valence-corrected chi connectivity index (χ3v) is 6.94. The fraction of sp³-hybridized carbons (Fsp3) is 0.333. The molecule has 9 heteroatoms. The minimum Gasteiger partial charge on any atom is -0.484 e. The van der Waals surface area contributed by atoms with Crippen LogP contribution in [-0.2, 0) is 14.4 Å². The molecule has 0 unspecified atom stereocenters. The first-order valence-electron chi connectivity index (χ1n) is 12.0. The smallest absolute Gasteiger partial charge is 0.294 e. The molecular weight excluding hydrogens is 478 g/mol. The number of anilines is 1. The van der Waals surface area contributed by atoms with E-state index in [1.165, 1.54) is 0 Å². The molecule has 0 bridgehead atoms. The fourth-order valence-corrected chi connectivity index (χ4v) is 4.94. The van der Waals surface area contributed by atoms with E-state index in [-0.39, 0.29) is 35.8 Å². The van der Waals surface area contributed by atoms with Crippen molar-refractivity contribution in [1.82, 2.24) is 9.80 Å². The minimum atomic E-state index is -0.462. The molecule has 8 nitrogen and oxygen atoms in total. The van der Waals surface area contributed by atoms with E-state index in [1.807, 2.05) is 24.3 Å². The summed E-state index contributed by atoms with van der Waals surface area (Å²) in [6.45, 7) is 5.11. The number of carbonyl (C=O) groups is 4. The Labute approximate surface area is 214 Å². The van der Waals surface area contributed by atoms with Crippen LogP contribution in [-0.4, -0.2) is 59.0 Å². The molecule has 0 saturated carbocycles. The molecule has 0 radical (unpaired) electrons. The van der Waals surface area contributed by atoms with Crippen molar-refractivity contribution in [2.45, 2.75) is 32.6 Å². The topological polar surface area (TPSA) is 96.0 Å². The van der Waals surface area contributed by atoms with Gasteiger partial charge in [-0.3, -0.25) is 24.1 Å². The monoisotopic (exact) mass is 507 g/mol. The Kier molecular flexibility index (Phi) is 8.10. The highest BCUT2D eigenvalue weighted by atomic mass is 32.2. The number of benzene rings is 2. The highest BCUT2D eigenvalue weighted by Gasteiger charge is 2.37. The van der Waals surface area contributed by atoms with Gasteiger partial charge in [-0.1, -0.05) is 44.2 Å². The summed E-state index contributed by atoms with van der Waals surface area (Å²) >= 11 is 0.827. The van der Waals surface area contributed by atoms with Gasteiger partial charge >= 0.3 is 0 Å². The third kappa shape index (κ3) is 6.15. The largest absolute Gasteiger partial charge is 0.484 e. The highest BCUT2D eigenvalue weighted by molar-refractivity contribution is 8.18. The Morgan fingerprint density at radius 2 is 1.75 bits per heavy atom. The van der Waals surface area contributed by atoms with Gasteiger partial charge in [-0.25, -0.2) is 0 Å². The van der Waals surface area contributed by atoms with Crippen LogP contribution in [0.5, 0.6) is 5.75 Å². The Morgan fingerprint density at radius 3 is 2.44 bits per heavy atom. The quantitative estimate of drug-likeness (QED) is 0.529. The van der Waals surface area contributed by atoms with Crippen molar-refractivity contribution in [3.8, 4) is 5.75 Å². The second kappa shape index (κ2) is 11.4. The number of carbonyl (C=O) groups excluding carboxylic acids is 4. The summed E-state index contributed by atoms with van der Waals surface area (Å²) in [6, 6.07) is 14.5. The molecule has 2 heterocycles. The van der Waals surface area contributed by atoms with Crippen molar-refractivity contribution in [3.63, 3.8) is 0 Å². The van der Waals surface area contributed by atoms with Gasteiger partial charge in [-0.15, -0.1) is 0 Å². The van der Waals surface area contributed by atoms with E-state index in [0.29, 0.717) is 24.4 Å². The predicted molar refractivity (Wildman–Crippen MR) is 140 cm³/mol. The van der Waals surface area contributed by atoms with Crippen LogP contribution in [0, 0.1) is 0 Å². The molecule has 2 aromatic carbocycles. The lowest BCUT2D eigenvalue weighted by Crippen LogP contribution is -2.40. The molecule has 2 fully saturated rings. The lowest BCUT2D eigenvalue weighted by molar-refractivity contribution is -0.135. The van der Waals surface area contributed by atoms with E-state index >= 15 is 0 Å². The van der Waals surface area contributed by atoms with Gasteiger partial charge in [0.15, 0.2) is 6.61 Å².